The van der Waals surface area contributed by atoms with Gasteiger partial charge in [0.25, 0.3) is 0 Å². The molecule has 0 amide bonds. The molecule has 4 aliphatic carbocycles. The number of carbonyl (C=O) groups is 1. The lowest BCUT2D eigenvalue weighted by atomic mass is 9.34. The molecular weight excluding hydrogens is 257 g/mol. The van der Waals surface area contributed by atoms with E-state index >= 15 is 0 Å². The molecule has 3 N–H and O–H groups in total. The van der Waals surface area contributed by atoms with Gasteiger partial charge in [-0.15, -0.1) is 0 Å². The Labute approximate surface area is 118 Å². The van der Waals surface area contributed by atoms with Crippen molar-refractivity contribution in [1.82, 2.24) is 0 Å². The summed E-state index contributed by atoms with van der Waals surface area (Å²) < 4.78 is 14.3. The van der Waals surface area contributed by atoms with Gasteiger partial charge in [0.2, 0.25) is 0 Å². The van der Waals surface area contributed by atoms with Crippen LogP contribution in [0.1, 0.15) is 38.5 Å². The van der Waals surface area contributed by atoms with Crippen LogP contribution in [0.25, 0.3) is 0 Å². The monoisotopic (exact) mass is 279 g/mol. The molecular formula is C16H22FNO2. The Hall–Kier alpha value is -0.900. The molecule has 3 nitrogen and oxygen atoms in total. The molecule has 0 aromatic heterocycles. The molecule has 5 atom stereocenters. The lowest BCUT2D eigenvalue weighted by molar-refractivity contribution is -0.216. The van der Waals surface area contributed by atoms with Gasteiger partial charge in [0, 0.05) is 11.8 Å². The normalized spacial score (nSPS) is 47.2. The lowest BCUT2D eigenvalue weighted by Gasteiger charge is -2.69. The quantitative estimate of drug-likeness (QED) is 0.777. The smallest absolute Gasteiger partial charge is 0.307 e. The molecule has 4 rings (SSSR count). The molecule has 20 heavy (non-hydrogen) atoms. The van der Waals surface area contributed by atoms with Gasteiger partial charge in [0.15, 0.2) is 0 Å². The first-order valence-corrected chi connectivity index (χ1v) is 7.82. The summed E-state index contributed by atoms with van der Waals surface area (Å²) in [4.78, 5) is 11.4. The van der Waals surface area contributed by atoms with Crippen molar-refractivity contribution in [2.24, 2.45) is 34.8 Å². The van der Waals surface area contributed by atoms with E-state index in [0.29, 0.717) is 31.7 Å². The van der Waals surface area contributed by atoms with E-state index in [1.165, 1.54) is 5.57 Å². The number of rotatable bonds is 4. The fourth-order valence-electron chi connectivity index (χ4n) is 5.65. The van der Waals surface area contributed by atoms with Crippen LogP contribution >= 0.6 is 0 Å². The molecule has 0 saturated heterocycles. The van der Waals surface area contributed by atoms with Gasteiger partial charge in [-0.2, -0.15) is 0 Å². The summed E-state index contributed by atoms with van der Waals surface area (Å²) in [6.45, 7) is 0.439. The third kappa shape index (κ3) is 1.36. The van der Waals surface area contributed by atoms with Crippen LogP contribution in [0.2, 0.25) is 0 Å². The first-order chi connectivity index (χ1) is 9.50. The molecule has 3 unspecified atom stereocenters. The molecule has 0 aliphatic heterocycles. The molecule has 0 bridgehead atoms. The first-order valence-electron chi connectivity index (χ1n) is 7.82. The van der Waals surface area contributed by atoms with Crippen molar-refractivity contribution < 1.29 is 14.3 Å². The van der Waals surface area contributed by atoms with Crippen molar-refractivity contribution in [2.75, 3.05) is 6.54 Å². The van der Waals surface area contributed by atoms with E-state index in [0.717, 1.165) is 19.3 Å². The number of halogens is 1. The second-order valence-corrected chi connectivity index (χ2v) is 7.43. The van der Waals surface area contributed by atoms with E-state index in [-0.39, 0.29) is 23.2 Å². The van der Waals surface area contributed by atoms with E-state index < -0.39 is 11.6 Å². The maximum atomic E-state index is 14.3. The summed E-state index contributed by atoms with van der Waals surface area (Å²) in [6.07, 6.45) is 7.20. The van der Waals surface area contributed by atoms with Crippen LogP contribution in [0.3, 0.4) is 0 Å². The van der Waals surface area contributed by atoms with Crippen molar-refractivity contribution in [3.05, 3.63) is 11.6 Å². The highest BCUT2D eigenvalue weighted by atomic mass is 19.1. The Morgan fingerprint density at radius 3 is 2.80 bits per heavy atom. The molecule has 4 aliphatic rings. The minimum atomic E-state index is -0.962. The average Bonchev–Trinajstić information content (AvgIpc) is 2.67. The van der Waals surface area contributed by atoms with Gasteiger partial charge in [0.05, 0.1) is 5.92 Å². The number of carboxylic acid groups (broad SMARTS) is 1. The van der Waals surface area contributed by atoms with Crippen LogP contribution in [0.5, 0.6) is 0 Å². The Morgan fingerprint density at radius 1 is 1.50 bits per heavy atom. The Balaban J connectivity index is 1.56. The highest BCUT2D eigenvalue weighted by molar-refractivity contribution is 5.74. The van der Waals surface area contributed by atoms with E-state index in [1.54, 1.807) is 0 Å². The average molecular weight is 279 g/mol. The molecule has 3 fully saturated rings. The summed E-state index contributed by atoms with van der Waals surface area (Å²) >= 11 is 0. The van der Waals surface area contributed by atoms with Crippen molar-refractivity contribution in [3.63, 3.8) is 0 Å². The minimum absolute atomic E-state index is 0.0211. The summed E-state index contributed by atoms with van der Waals surface area (Å²) in [5.41, 5.74) is 6.14. The third-order valence-corrected chi connectivity index (χ3v) is 6.69. The number of hydrogen-bond donors (Lipinski definition) is 2. The predicted molar refractivity (Wildman–Crippen MR) is 72.7 cm³/mol. The summed E-state index contributed by atoms with van der Waals surface area (Å²) in [5, 5.41) is 9.34. The highest BCUT2D eigenvalue weighted by Gasteiger charge is 2.73. The van der Waals surface area contributed by atoms with Crippen molar-refractivity contribution >= 4 is 5.97 Å². The van der Waals surface area contributed by atoms with Crippen LogP contribution in [-0.4, -0.2) is 23.3 Å². The maximum absolute atomic E-state index is 14.3. The molecule has 0 heterocycles. The van der Waals surface area contributed by atoms with Gasteiger partial charge in [-0.25, -0.2) is 4.39 Å². The number of aliphatic carboxylic acids is 1. The molecule has 0 radical (unpaired) electrons. The van der Waals surface area contributed by atoms with Gasteiger partial charge in [-0.1, -0.05) is 11.6 Å². The second-order valence-electron chi connectivity index (χ2n) is 7.43. The van der Waals surface area contributed by atoms with Crippen LogP contribution in [0.15, 0.2) is 11.6 Å². The highest BCUT2D eigenvalue weighted by Crippen LogP contribution is 2.75. The largest absolute Gasteiger partial charge is 0.481 e. The van der Waals surface area contributed by atoms with Gasteiger partial charge < -0.3 is 10.8 Å². The number of hydrogen-bond acceptors (Lipinski definition) is 2. The van der Waals surface area contributed by atoms with Gasteiger partial charge in [-0.3, -0.25) is 4.79 Å². The Morgan fingerprint density at radius 2 is 2.25 bits per heavy atom. The number of nitrogens with two attached hydrogens (primary N) is 1. The Kier molecular flexibility index (Phi) is 2.46. The van der Waals surface area contributed by atoms with Crippen LogP contribution in [0, 0.1) is 29.1 Å². The van der Waals surface area contributed by atoms with Crippen molar-refractivity contribution in [3.8, 4) is 0 Å². The fraction of sp³-hybridized carbons (Fsp3) is 0.812. The van der Waals surface area contributed by atoms with E-state index in [4.69, 9.17) is 5.73 Å². The molecule has 0 aromatic carbocycles. The zero-order valence-corrected chi connectivity index (χ0v) is 11.6. The minimum Gasteiger partial charge on any atom is -0.481 e. The Bertz CT molecular complexity index is 499. The molecule has 1 spiro atoms. The molecule has 110 valence electrons. The topological polar surface area (TPSA) is 63.3 Å². The zero-order valence-electron chi connectivity index (χ0n) is 11.6. The maximum Gasteiger partial charge on any atom is 0.307 e. The zero-order chi connectivity index (χ0) is 14.1. The van der Waals surface area contributed by atoms with Gasteiger partial charge in [-0.05, 0) is 56.4 Å². The summed E-state index contributed by atoms with van der Waals surface area (Å²) in [5.74, 6) is -0.103. The van der Waals surface area contributed by atoms with Crippen molar-refractivity contribution in [2.45, 2.75) is 44.2 Å². The van der Waals surface area contributed by atoms with Gasteiger partial charge >= 0.3 is 5.97 Å². The SMILES string of the molecule is NCC1C(C(=O)O)[C@H]2C[C@H]3CC(CC4(F)CCC4)=CC132. The van der Waals surface area contributed by atoms with Crippen LogP contribution in [-0.2, 0) is 4.79 Å². The van der Waals surface area contributed by atoms with Crippen LogP contribution < -0.4 is 5.73 Å². The van der Waals surface area contributed by atoms with E-state index in [2.05, 4.69) is 6.08 Å². The summed E-state index contributed by atoms with van der Waals surface area (Å²) in [6, 6.07) is 0. The fourth-order valence-corrected chi connectivity index (χ4v) is 5.65. The lowest BCUT2D eigenvalue weighted by Crippen LogP contribution is -2.69. The predicted octanol–water partition coefficient (Wildman–Crippen LogP) is 2.51. The first kappa shape index (κ1) is 12.8. The standard InChI is InChI=1S/C16H22FNO2/c17-15(2-1-3-15)6-9-4-10-5-11-13(14(19)20)12(8-18)16(10,11)7-9/h7,10-13H,1-6,8,18H2,(H,19,20)/t10-,11-,12?,13?,16?/m1/s1. The number of carboxylic acids is 1. The molecule has 0 aromatic rings. The van der Waals surface area contributed by atoms with Gasteiger partial charge in [0.1, 0.15) is 5.67 Å². The molecule has 3 saturated carbocycles. The third-order valence-electron chi connectivity index (χ3n) is 6.69. The number of allylic oxidation sites excluding steroid dienone is 2. The molecule has 4 heteroatoms. The second kappa shape index (κ2) is 3.85. The van der Waals surface area contributed by atoms with Crippen molar-refractivity contribution in [1.29, 1.82) is 0 Å². The van der Waals surface area contributed by atoms with Crippen LogP contribution in [0.4, 0.5) is 4.39 Å². The number of alkyl halides is 1. The van der Waals surface area contributed by atoms with E-state index in [1.807, 2.05) is 0 Å². The van der Waals surface area contributed by atoms with E-state index in [9.17, 15) is 14.3 Å². The summed E-state index contributed by atoms with van der Waals surface area (Å²) in [7, 11) is 0.